The molecule has 0 saturated carbocycles. The van der Waals surface area contributed by atoms with Gasteiger partial charge in [-0.1, -0.05) is 12.2 Å². The van der Waals surface area contributed by atoms with Crippen LogP contribution in [0.3, 0.4) is 0 Å². The molecule has 1 amide bonds. The molecule has 0 saturated heterocycles. The average Bonchev–Trinajstić information content (AvgIpc) is 2.63. The minimum absolute atomic E-state index is 0.0715. The molecule has 1 heterocycles. The maximum atomic E-state index is 12.2. The minimum atomic E-state index is -0.803. The quantitative estimate of drug-likeness (QED) is 0.847. The van der Waals surface area contributed by atoms with Crippen LogP contribution >= 0.6 is 23.6 Å². The van der Waals surface area contributed by atoms with Gasteiger partial charge in [-0.25, -0.2) is 4.98 Å². The Morgan fingerprint density at radius 1 is 1.65 bits per heavy atom. The summed E-state index contributed by atoms with van der Waals surface area (Å²) in [5.74, 6) is -0.0715. The van der Waals surface area contributed by atoms with Gasteiger partial charge in [-0.15, -0.1) is 11.3 Å². The van der Waals surface area contributed by atoms with Crippen LogP contribution in [0.5, 0.6) is 0 Å². The number of aromatic nitrogens is 1. The lowest BCUT2D eigenvalue weighted by Gasteiger charge is -2.28. The first-order chi connectivity index (χ1) is 7.76. The third-order valence-corrected chi connectivity index (χ3v) is 4.15. The number of thiocarbonyl (C=S) groups is 1. The Labute approximate surface area is 111 Å². The smallest absolute Gasteiger partial charge is 0.235 e. The van der Waals surface area contributed by atoms with E-state index in [9.17, 15) is 4.79 Å². The summed E-state index contributed by atoms with van der Waals surface area (Å²) in [5, 5.41) is 0. The zero-order chi connectivity index (χ0) is 13.2. The Kier molecular flexibility index (Phi) is 4.21. The van der Waals surface area contributed by atoms with Gasteiger partial charge in [0.2, 0.25) is 5.91 Å². The van der Waals surface area contributed by atoms with Crippen LogP contribution < -0.4 is 5.73 Å². The minimum Gasteiger partial charge on any atom is -0.392 e. The average molecular weight is 271 g/mol. The third-order valence-electron chi connectivity index (χ3n) is 2.72. The number of rotatable bonds is 4. The molecule has 0 radical (unpaired) electrons. The third kappa shape index (κ3) is 3.01. The summed E-state index contributed by atoms with van der Waals surface area (Å²) in [6.45, 7) is 5.96. The Bertz CT molecular complexity index is 440. The molecule has 1 aromatic heterocycles. The second-order valence-electron chi connectivity index (χ2n) is 4.51. The van der Waals surface area contributed by atoms with Crippen molar-refractivity contribution in [3.8, 4) is 0 Å². The molecule has 17 heavy (non-hydrogen) atoms. The van der Waals surface area contributed by atoms with Crippen molar-refractivity contribution in [3.05, 3.63) is 16.1 Å². The Morgan fingerprint density at radius 2 is 2.24 bits per heavy atom. The summed E-state index contributed by atoms with van der Waals surface area (Å²) in [7, 11) is 1.75. The van der Waals surface area contributed by atoms with Crippen molar-refractivity contribution >= 4 is 34.5 Å². The van der Waals surface area contributed by atoms with Gasteiger partial charge in [-0.3, -0.25) is 4.79 Å². The second kappa shape index (κ2) is 5.10. The van der Waals surface area contributed by atoms with Crippen LogP contribution in [0.25, 0.3) is 0 Å². The largest absolute Gasteiger partial charge is 0.392 e. The van der Waals surface area contributed by atoms with Gasteiger partial charge in [-0.2, -0.15) is 0 Å². The van der Waals surface area contributed by atoms with Crippen molar-refractivity contribution < 1.29 is 4.79 Å². The molecule has 0 spiro atoms. The summed E-state index contributed by atoms with van der Waals surface area (Å²) < 4.78 is 0. The molecule has 0 unspecified atom stereocenters. The second-order valence-corrected chi connectivity index (χ2v) is 5.89. The molecule has 0 atom stereocenters. The monoisotopic (exact) mass is 271 g/mol. The predicted molar refractivity (Wildman–Crippen MR) is 73.9 cm³/mol. The van der Waals surface area contributed by atoms with Crippen LogP contribution in [-0.4, -0.2) is 27.8 Å². The molecule has 0 aliphatic carbocycles. The number of amides is 1. The Hall–Kier alpha value is -1.01. The molecule has 0 aromatic carbocycles. The number of hydrogen-bond donors (Lipinski definition) is 1. The molecule has 2 N–H and O–H groups in total. The lowest BCUT2D eigenvalue weighted by Crippen LogP contribution is -2.45. The van der Waals surface area contributed by atoms with Crippen molar-refractivity contribution in [2.45, 2.75) is 27.3 Å². The van der Waals surface area contributed by atoms with Crippen LogP contribution in [-0.2, 0) is 11.3 Å². The van der Waals surface area contributed by atoms with E-state index < -0.39 is 5.41 Å². The number of nitrogens with zero attached hydrogens (tertiary/aromatic N) is 2. The summed E-state index contributed by atoms with van der Waals surface area (Å²) >= 11 is 6.47. The summed E-state index contributed by atoms with van der Waals surface area (Å²) in [6, 6.07) is 0. The van der Waals surface area contributed by atoms with Crippen molar-refractivity contribution in [1.82, 2.24) is 9.88 Å². The van der Waals surface area contributed by atoms with Crippen LogP contribution in [0.2, 0.25) is 0 Å². The molecule has 0 aliphatic heterocycles. The van der Waals surface area contributed by atoms with Gasteiger partial charge >= 0.3 is 0 Å². The van der Waals surface area contributed by atoms with Crippen LogP contribution in [0.4, 0.5) is 0 Å². The molecule has 1 rings (SSSR count). The Balaban J connectivity index is 2.78. The van der Waals surface area contributed by atoms with Crippen LogP contribution in [0.15, 0.2) is 5.51 Å². The molecule has 94 valence electrons. The highest BCUT2D eigenvalue weighted by atomic mass is 32.1. The highest BCUT2D eigenvalue weighted by Gasteiger charge is 2.33. The summed E-state index contributed by atoms with van der Waals surface area (Å²) in [6.07, 6.45) is 0. The maximum absolute atomic E-state index is 12.2. The van der Waals surface area contributed by atoms with E-state index in [1.165, 1.54) is 0 Å². The highest BCUT2D eigenvalue weighted by molar-refractivity contribution is 7.80. The molecule has 0 aliphatic rings. The molecule has 6 heteroatoms. The van der Waals surface area contributed by atoms with Crippen molar-refractivity contribution in [2.75, 3.05) is 7.05 Å². The van der Waals surface area contributed by atoms with Gasteiger partial charge in [0.25, 0.3) is 0 Å². The highest BCUT2D eigenvalue weighted by Crippen LogP contribution is 2.21. The lowest BCUT2D eigenvalue weighted by atomic mass is 9.92. The van der Waals surface area contributed by atoms with Crippen LogP contribution in [0.1, 0.15) is 24.4 Å². The molecule has 0 fully saturated rings. The van der Waals surface area contributed by atoms with E-state index in [-0.39, 0.29) is 10.9 Å². The zero-order valence-corrected chi connectivity index (χ0v) is 12.1. The summed E-state index contributed by atoms with van der Waals surface area (Å²) in [5.41, 5.74) is 7.52. The van der Waals surface area contributed by atoms with Crippen molar-refractivity contribution in [2.24, 2.45) is 11.1 Å². The van der Waals surface area contributed by atoms with E-state index in [2.05, 4.69) is 4.98 Å². The van der Waals surface area contributed by atoms with E-state index >= 15 is 0 Å². The van der Waals surface area contributed by atoms with Gasteiger partial charge in [-0.05, 0) is 20.8 Å². The topological polar surface area (TPSA) is 59.2 Å². The molecule has 4 nitrogen and oxygen atoms in total. The molecular weight excluding hydrogens is 254 g/mol. The molecule has 1 aromatic rings. The fraction of sp³-hybridized carbons (Fsp3) is 0.545. The van der Waals surface area contributed by atoms with Crippen LogP contribution in [0, 0.1) is 12.3 Å². The SMILES string of the molecule is Cc1ncsc1CN(C)C(=O)C(C)(C)C(N)=S. The first kappa shape index (κ1) is 14.1. The Morgan fingerprint density at radius 3 is 2.65 bits per heavy atom. The number of carbonyl (C=O) groups excluding carboxylic acids is 1. The zero-order valence-electron chi connectivity index (χ0n) is 10.5. The number of hydrogen-bond acceptors (Lipinski definition) is 4. The number of aryl methyl sites for hydroxylation is 1. The molecule has 0 bridgehead atoms. The first-order valence-electron chi connectivity index (χ1n) is 5.21. The van der Waals surface area contributed by atoms with E-state index in [0.29, 0.717) is 6.54 Å². The van der Waals surface area contributed by atoms with Crippen molar-refractivity contribution in [1.29, 1.82) is 0 Å². The van der Waals surface area contributed by atoms with Gasteiger partial charge < -0.3 is 10.6 Å². The van der Waals surface area contributed by atoms with Crippen molar-refractivity contribution in [3.63, 3.8) is 0 Å². The van der Waals surface area contributed by atoms with E-state index in [1.54, 1.807) is 42.6 Å². The van der Waals surface area contributed by atoms with Gasteiger partial charge in [0, 0.05) is 11.9 Å². The molecular formula is C11H17N3OS2. The fourth-order valence-corrected chi connectivity index (χ4v) is 2.26. The normalized spacial score (nSPS) is 11.3. The van der Waals surface area contributed by atoms with Gasteiger partial charge in [0.15, 0.2) is 0 Å². The van der Waals surface area contributed by atoms with E-state index in [0.717, 1.165) is 10.6 Å². The van der Waals surface area contributed by atoms with Gasteiger partial charge in [0.05, 0.1) is 28.2 Å². The predicted octanol–water partition coefficient (Wildman–Crippen LogP) is 1.72. The summed E-state index contributed by atoms with van der Waals surface area (Å²) in [4.78, 5) is 19.3. The number of nitrogens with two attached hydrogens (primary N) is 1. The standard InChI is InChI=1S/C11H17N3OS2/c1-7-8(17-6-13-7)5-14(4)10(15)11(2,3)9(12)16/h6H,5H2,1-4H3,(H2,12,16). The fourth-order valence-electron chi connectivity index (χ4n) is 1.35. The number of thiazole rings is 1. The number of carbonyl (C=O) groups is 1. The maximum Gasteiger partial charge on any atom is 0.235 e. The lowest BCUT2D eigenvalue weighted by molar-refractivity contribution is -0.136. The van der Waals surface area contributed by atoms with E-state index in [4.69, 9.17) is 18.0 Å². The van der Waals surface area contributed by atoms with E-state index in [1.807, 2.05) is 6.92 Å². The van der Waals surface area contributed by atoms with Gasteiger partial charge in [0.1, 0.15) is 0 Å². The first-order valence-corrected chi connectivity index (χ1v) is 6.50.